The maximum absolute atomic E-state index is 7.78. The summed E-state index contributed by atoms with van der Waals surface area (Å²) in [4.78, 5) is 3.53. The molecule has 2 rings (SSSR count). The zero-order valence-electron chi connectivity index (χ0n) is 13.6. The van der Waals surface area contributed by atoms with Gasteiger partial charge in [0.05, 0.1) is 24.1 Å². The molecule has 0 N–H and O–H groups in total. The number of rotatable bonds is 2. The largest absolute Gasteiger partial charge is 0.485 e. The molecule has 1 aromatic heterocycles. The third-order valence-electron chi connectivity index (χ3n) is 1.03. The van der Waals surface area contributed by atoms with E-state index in [1.165, 1.54) is 0 Å². The second kappa shape index (κ2) is 3.41. The smallest absolute Gasteiger partial charge is 0.145 e. The molecule has 0 atom stereocenters. The fourth-order valence-electron chi connectivity index (χ4n) is 0.568. The Balaban J connectivity index is 2.50. The topological polar surface area (TPSA) is 31.4 Å². The summed E-state index contributed by atoms with van der Waals surface area (Å²) in [6.07, 6.45) is -3.34. The number of hydrogen-bond acceptors (Lipinski definition) is 3. The van der Waals surface area contributed by atoms with Gasteiger partial charge in [0.1, 0.15) is 16.4 Å². The van der Waals surface area contributed by atoms with Gasteiger partial charge in [-0.15, -0.1) is 0 Å². The highest BCUT2D eigenvalue weighted by Gasteiger charge is 2.19. The molecule has 1 aliphatic heterocycles. The zero-order valence-corrected chi connectivity index (χ0v) is 7.23. The van der Waals surface area contributed by atoms with Crippen molar-refractivity contribution in [2.45, 2.75) is 6.08 Å². The summed E-state index contributed by atoms with van der Waals surface area (Å²) in [6, 6.07) is -1.11. The van der Waals surface area contributed by atoms with Crippen LogP contribution in [0, 0.1) is 0 Å². The van der Waals surface area contributed by atoms with E-state index in [4.69, 9.17) is 15.7 Å². The van der Waals surface area contributed by atoms with Crippen LogP contribution in [-0.4, -0.2) is 24.2 Å². The lowest BCUT2D eigenvalue weighted by Crippen LogP contribution is -2.38. The summed E-state index contributed by atoms with van der Waals surface area (Å²) in [7, 11) is 0. The Bertz CT molecular complexity index is 540. The highest BCUT2D eigenvalue weighted by molar-refractivity contribution is 9.10. The number of ether oxygens (including phenoxy) is 2. The van der Waals surface area contributed by atoms with E-state index < -0.39 is 43.2 Å². The van der Waals surface area contributed by atoms with Crippen molar-refractivity contribution in [3.05, 3.63) is 22.9 Å². The molecule has 64 valence electrons. The van der Waals surface area contributed by atoms with Crippen molar-refractivity contribution in [1.82, 2.24) is 4.98 Å². The van der Waals surface area contributed by atoms with E-state index in [9.17, 15) is 0 Å². The Kier molecular flexibility index (Phi) is 0.840. The molecule has 0 saturated carbocycles. The second-order valence-electron chi connectivity index (χ2n) is 1.83. The maximum atomic E-state index is 7.78. The monoisotopic (exact) mass is 237 g/mol. The Morgan fingerprint density at radius 2 is 2.75 bits per heavy atom. The van der Waals surface area contributed by atoms with E-state index in [0.717, 1.165) is 0 Å². The molecule has 0 unspecified atom stereocenters. The minimum Gasteiger partial charge on any atom is -0.485 e. The first kappa shape index (κ1) is 2.96. The van der Waals surface area contributed by atoms with Crippen molar-refractivity contribution < 1.29 is 20.4 Å². The number of pyridine rings is 1. The van der Waals surface area contributed by atoms with E-state index in [2.05, 4.69) is 25.7 Å². The highest BCUT2D eigenvalue weighted by Crippen LogP contribution is 2.18. The standard InChI is InChI=1S/C8H8BrNO2/c9-8-3-6(1-2-10-8)12-7-4-11-5-7/h1-3,7H,4-5H2/i1D,2D,3D,4D2,5D2,7D. The Morgan fingerprint density at radius 3 is 3.50 bits per heavy atom. The van der Waals surface area contributed by atoms with Crippen LogP contribution in [0.1, 0.15) is 11.0 Å². The van der Waals surface area contributed by atoms with Crippen molar-refractivity contribution >= 4 is 15.9 Å². The molecule has 0 radical (unpaired) electrons. The lowest BCUT2D eigenvalue weighted by molar-refractivity contribution is -0.0797. The Hall–Kier alpha value is -0.610. The molecule has 12 heavy (non-hydrogen) atoms. The van der Waals surface area contributed by atoms with Crippen LogP contribution in [0.3, 0.4) is 0 Å². The lowest BCUT2D eigenvalue weighted by Gasteiger charge is -2.26. The first-order chi connectivity index (χ1) is 8.93. The Morgan fingerprint density at radius 1 is 1.92 bits per heavy atom. The van der Waals surface area contributed by atoms with Gasteiger partial charge in [-0.2, -0.15) is 0 Å². The van der Waals surface area contributed by atoms with Gasteiger partial charge in [-0.05, 0) is 22.0 Å². The fourth-order valence-corrected chi connectivity index (χ4v) is 0.837. The normalized spacial score (nSPS) is 37.8. The molecule has 3 nitrogen and oxygen atoms in total. The van der Waals surface area contributed by atoms with Gasteiger partial charge < -0.3 is 9.47 Å². The quantitative estimate of drug-likeness (QED) is 0.733. The second-order valence-corrected chi connectivity index (χ2v) is 2.58. The molecule has 1 aromatic rings. The molecule has 2 heterocycles. The summed E-state index contributed by atoms with van der Waals surface area (Å²) in [5.74, 6) is -0.608. The van der Waals surface area contributed by atoms with Crippen molar-refractivity contribution in [3.8, 4) is 5.75 Å². The molecule has 0 spiro atoms. The van der Waals surface area contributed by atoms with Crippen LogP contribution in [-0.2, 0) is 4.74 Å². The fraction of sp³-hybridized carbons (Fsp3) is 0.375. The lowest BCUT2D eigenvalue weighted by atomic mass is 10.3. The van der Waals surface area contributed by atoms with E-state index in [1.807, 2.05) is 0 Å². The first-order valence-corrected chi connectivity index (χ1v) is 3.75. The predicted octanol–water partition coefficient (Wildman–Crippen LogP) is 1.62. The predicted molar refractivity (Wildman–Crippen MR) is 47.2 cm³/mol. The molecule has 0 amide bonds. The number of aromatic nitrogens is 1. The van der Waals surface area contributed by atoms with Gasteiger partial charge in [0.25, 0.3) is 0 Å². The van der Waals surface area contributed by atoms with Crippen LogP contribution in [0.25, 0.3) is 0 Å². The van der Waals surface area contributed by atoms with Crippen LogP contribution in [0.5, 0.6) is 5.75 Å². The van der Waals surface area contributed by atoms with E-state index >= 15 is 0 Å². The average molecular weight is 238 g/mol. The van der Waals surface area contributed by atoms with Gasteiger partial charge in [-0.3, -0.25) is 0 Å². The highest BCUT2D eigenvalue weighted by atomic mass is 79.9. The van der Waals surface area contributed by atoms with Gasteiger partial charge in [0, 0.05) is 12.2 Å². The van der Waals surface area contributed by atoms with Gasteiger partial charge in [0.2, 0.25) is 0 Å². The Labute approximate surface area is 90.1 Å². The number of hydrogen-bond donors (Lipinski definition) is 0. The molecular weight excluding hydrogens is 222 g/mol. The van der Waals surface area contributed by atoms with Gasteiger partial charge >= 0.3 is 0 Å². The number of nitrogens with zero attached hydrogens (tertiary/aromatic N) is 1. The average Bonchev–Trinajstić information content (AvgIpc) is 2.30. The van der Waals surface area contributed by atoms with E-state index in [-0.39, 0.29) is 4.60 Å². The number of halogens is 1. The SMILES string of the molecule is [2H]c1nc(Br)c([2H])c(OC2([2H])C([2H])([2H])OC2([2H])[2H])c1[2H]. The first-order valence-electron chi connectivity index (χ1n) is 6.95. The maximum Gasteiger partial charge on any atom is 0.145 e. The summed E-state index contributed by atoms with van der Waals surface area (Å²) < 4.78 is 69.0. The van der Waals surface area contributed by atoms with Crippen LogP contribution in [0.4, 0.5) is 0 Å². The third kappa shape index (κ3) is 1.76. The van der Waals surface area contributed by atoms with Crippen LogP contribution in [0.2, 0.25) is 0 Å². The molecular formula is C8H8BrNO2. The molecule has 0 bridgehead atoms. The zero-order chi connectivity index (χ0) is 15.5. The molecule has 4 heteroatoms. The summed E-state index contributed by atoms with van der Waals surface area (Å²) >= 11 is 2.87. The molecule has 1 aliphatic rings. The van der Waals surface area contributed by atoms with Crippen molar-refractivity contribution in [3.63, 3.8) is 0 Å². The van der Waals surface area contributed by atoms with E-state index in [1.54, 1.807) is 0 Å². The van der Waals surface area contributed by atoms with Crippen molar-refractivity contribution in [1.29, 1.82) is 0 Å². The minimum atomic E-state index is -2.79. The summed E-state index contributed by atoms with van der Waals surface area (Å²) in [5, 5.41) is 0. The molecule has 1 saturated heterocycles. The van der Waals surface area contributed by atoms with Crippen molar-refractivity contribution in [2.24, 2.45) is 0 Å². The van der Waals surface area contributed by atoms with Crippen LogP contribution in [0.15, 0.2) is 22.9 Å². The van der Waals surface area contributed by atoms with E-state index in [0.29, 0.717) is 0 Å². The summed E-state index contributed by atoms with van der Waals surface area (Å²) in [5.41, 5.74) is 0. The van der Waals surface area contributed by atoms with Gasteiger partial charge in [-0.25, -0.2) is 4.98 Å². The summed E-state index contributed by atoms with van der Waals surface area (Å²) in [6.45, 7) is -5.51. The molecule has 0 aliphatic carbocycles. The van der Waals surface area contributed by atoms with Crippen LogP contribution >= 0.6 is 15.9 Å². The van der Waals surface area contributed by atoms with Gasteiger partial charge in [0.15, 0.2) is 0 Å². The van der Waals surface area contributed by atoms with Crippen molar-refractivity contribution in [2.75, 3.05) is 13.1 Å². The third-order valence-corrected chi connectivity index (χ3v) is 1.41. The molecule has 1 fully saturated rings. The van der Waals surface area contributed by atoms with Gasteiger partial charge in [-0.1, -0.05) is 0 Å². The van der Waals surface area contributed by atoms with Crippen LogP contribution < -0.4 is 4.74 Å². The minimum absolute atomic E-state index is 0.126. The molecule has 0 aromatic carbocycles.